The van der Waals surface area contributed by atoms with Gasteiger partial charge >= 0.3 is 0 Å². The summed E-state index contributed by atoms with van der Waals surface area (Å²) in [6, 6.07) is 0. The monoisotopic (exact) mass is 195 g/mol. The fraction of sp³-hybridized carbons (Fsp3) is 0.833. The fourth-order valence-electron chi connectivity index (χ4n) is 2.21. The highest BCUT2D eigenvalue weighted by Crippen LogP contribution is 2.23. The van der Waals surface area contributed by atoms with Gasteiger partial charge in [0.15, 0.2) is 0 Å². The number of hydrogen-bond donors (Lipinski definition) is 0. The molecule has 1 atom stereocenters. The van der Waals surface area contributed by atoms with Crippen molar-refractivity contribution in [1.29, 1.82) is 0 Å². The summed E-state index contributed by atoms with van der Waals surface area (Å²) in [5.74, 6) is 0.906. The molecule has 1 fully saturated rings. The van der Waals surface area contributed by atoms with Crippen LogP contribution in [-0.2, 0) is 4.74 Å². The minimum absolute atomic E-state index is 0.906. The molecule has 0 spiro atoms. The van der Waals surface area contributed by atoms with Crippen LogP contribution < -0.4 is 0 Å². The average molecular weight is 195 g/mol. The summed E-state index contributed by atoms with van der Waals surface area (Å²) in [5, 5.41) is 0. The van der Waals surface area contributed by atoms with E-state index in [1.165, 1.54) is 25.8 Å². The Kier molecular flexibility index (Phi) is 3.60. The van der Waals surface area contributed by atoms with Crippen molar-refractivity contribution in [3.8, 4) is 0 Å². The molecule has 0 aromatic rings. The standard InChI is InChI=1S/C12H21NO/c1-11-2-4-12(5-3-11)10-13-6-8-14-9-7-13/h4,11H,2-3,5-10H2,1H3/t11-/m1/s1. The molecule has 2 aliphatic rings. The molecule has 1 aliphatic carbocycles. The molecule has 0 bridgehead atoms. The van der Waals surface area contributed by atoms with E-state index in [4.69, 9.17) is 4.74 Å². The van der Waals surface area contributed by atoms with Crippen LogP contribution in [0.15, 0.2) is 11.6 Å². The molecule has 14 heavy (non-hydrogen) atoms. The van der Waals surface area contributed by atoms with Crippen molar-refractivity contribution in [2.24, 2.45) is 5.92 Å². The second-order valence-electron chi connectivity index (χ2n) is 4.63. The van der Waals surface area contributed by atoms with Gasteiger partial charge < -0.3 is 4.74 Å². The third kappa shape index (κ3) is 2.82. The van der Waals surface area contributed by atoms with Gasteiger partial charge in [0.1, 0.15) is 0 Å². The van der Waals surface area contributed by atoms with E-state index < -0.39 is 0 Å². The van der Waals surface area contributed by atoms with Crippen molar-refractivity contribution in [2.75, 3.05) is 32.8 Å². The summed E-state index contributed by atoms with van der Waals surface area (Å²) in [6.07, 6.45) is 6.46. The molecule has 0 unspecified atom stereocenters. The van der Waals surface area contributed by atoms with Crippen molar-refractivity contribution in [1.82, 2.24) is 4.90 Å². The van der Waals surface area contributed by atoms with Crippen molar-refractivity contribution in [2.45, 2.75) is 26.2 Å². The van der Waals surface area contributed by atoms with Gasteiger partial charge in [0.2, 0.25) is 0 Å². The number of nitrogens with zero attached hydrogens (tertiary/aromatic N) is 1. The highest BCUT2D eigenvalue weighted by Gasteiger charge is 2.15. The van der Waals surface area contributed by atoms with Crippen LogP contribution in [0, 0.1) is 5.92 Å². The van der Waals surface area contributed by atoms with Gasteiger partial charge in [-0.1, -0.05) is 18.6 Å². The molecule has 2 rings (SSSR count). The van der Waals surface area contributed by atoms with Crippen LogP contribution in [0.5, 0.6) is 0 Å². The lowest BCUT2D eigenvalue weighted by atomic mass is 9.91. The molecule has 0 aromatic heterocycles. The molecule has 0 saturated carbocycles. The maximum atomic E-state index is 5.34. The van der Waals surface area contributed by atoms with Gasteiger partial charge in [0, 0.05) is 19.6 Å². The van der Waals surface area contributed by atoms with Gasteiger partial charge in [0.05, 0.1) is 13.2 Å². The topological polar surface area (TPSA) is 12.5 Å². The van der Waals surface area contributed by atoms with Crippen molar-refractivity contribution >= 4 is 0 Å². The van der Waals surface area contributed by atoms with E-state index in [-0.39, 0.29) is 0 Å². The number of hydrogen-bond acceptors (Lipinski definition) is 2. The first-order valence-electron chi connectivity index (χ1n) is 5.82. The van der Waals surface area contributed by atoms with E-state index in [1.54, 1.807) is 5.57 Å². The van der Waals surface area contributed by atoms with E-state index in [0.717, 1.165) is 32.2 Å². The van der Waals surface area contributed by atoms with Crippen LogP contribution in [0.4, 0.5) is 0 Å². The Hall–Kier alpha value is -0.340. The predicted molar refractivity (Wildman–Crippen MR) is 58.4 cm³/mol. The number of morpholine rings is 1. The summed E-state index contributed by atoms with van der Waals surface area (Å²) in [6.45, 7) is 7.62. The summed E-state index contributed by atoms with van der Waals surface area (Å²) < 4.78 is 5.34. The Morgan fingerprint density at radius 2 is 2.21 bits per heavy atom. The van der Waals surface area contributed by atoms with Crippen LogP contribution in [0.3, 0.4) is 0 Å². The fourth-order valence-corrected chi connectivity index (χ4v) is 2.21. The second kappa shape index (κ2) is 4.94. The van der Waals surface area contributed by atoms with Gasteiger partial charge in [-0.05, 0) is 25.2 Å². The number of rotatable bonds is 2. The molecule has 2 heteroatoms. The molecule has 0 amide bonds. The summed E-state index contributed by atoms with van der Waals surface area (Å²) >= 11 is 0. The first-order valence-corrected chi connectivity index (χ1v) is 5.82. The average Bonchev–Trinajstić information content (AvgIpc) is 2.23. The first-order chi connectivity index (χ1) is 6.84. The van der Waals surface area contributed by atoms with Crippen LogP contribution in [0.2, 0.25) is 0 Å². The third-order valence-electron chi connectivity index (χ3n) is 3.30. The molecule has 0 aromatic carbocycles. The summed E-state index contributed by atoms with van der Waals surface area (Å²) in [4.78, 5) is 2.52. The summed E-state index contributed by atoms with van der Waals surface area (Å²) in [7, 11) is 0. The Balaban J connectivity index is 1.78. The zero-order chi connectivity index (χ0) is 9.80. The maximum absolute atomic E-state index is 5.34. The van der Waals surface area contributed by atoms with Crippen molar-refractivity contribution < 1.29 is 4.74 Å². The lowest BCUT2D eigenvalue weighted by molar-refractivity contribution is 0.0417. The van der Waals surface area contributed by atoms with Gasteiger partial charge in [-0.2, -0.15) is 0 Å². The number of allylic oxidation sites excluding steroid dienone is 1. The van der Waals surface area contributed by atoms with Gasteiger partial charge in [0.25, 0.3) is 0 Å². The Labute approximate surface area is 86.9 Å². The second-order valence-corrected chi connectivity index (χ2v) is 4.63. The normalized spacial score (nSPS) is 30.1. The molecular weight excluding hydrogens is 174 g/mol. The van der Waals surface area contributed by atoms with Crippen LogP contribution in [0.25, 0.3) is 0 Å². The quantitative estimate of drug-likeness (QED) is 0.625. The smallest absolute Gasteiger partial charge is 0.0594 e. The minimum atomic E-state index is 0.906. The Morgan fingerprint density at radius 1 is 1.43 bits per heavy atom. The SMILES string of the molecule is C[C@@H]1CC=C(CN2CCOCC2)CC1. The molecule has 80 valence electrons. The van der Waals surface area contributed by atoms with Gasteiger partial charge in [-0.25, -0.2) is 0 Å². The van der Waals surface area contributed by atoms with Gasteiger partial charge in [-0.15, -0.1) is 0 Å². The zero-order valence-electron chi connectivity index (χ0n) is 9.17. The third-order valence-corrected chi connectivity index (χ3v) is 3.30. The lowest BCUT2D eigenvalue weighted by Crippen LogP contribution is -2.37. The van der Waals surface area contributed by atoms with Crippen LogP contribution in [-0.4, -0.2) is 37.7 Å². The highest BCUT2D eigenvalue weighted by atomic mass is 16.5. The van der Waals surface area contributed by atoms with E-state index in [1.807, 2.05) is 0 Å². The van der Waals surface area contributed by atoms with Gasteiger partial charge in [-0.3, -0.25) is 4.90 Å². The van der Waals surface area contributed by atoms with E-state index in [9.17, 15) is 0 Å². The van der Waals surface area contributed by atoms with Crippen molar-refractivity contribution in [3.05, 3.63) is 11.6 Å². The van der Waals surface area contributed by atoms with E-state index in [0.29, 0.717) is 0 Å². The molecule has 2 nitrogen and oxygen atoms in total. The Morgan fingerprint density at radius 3 is 2.86 bits per heavy atom. The van der Waals surface area contributed by atoms with E-state index in [2.05, 4.69) is 17.9 Å². The molecule has 0 radical (unpaired) electrons. The van der Waals surface area contributed by atoms with Crippen LogP contribution in [0.1, 0.15) is 26.2 Å². The zero-order valence-corrected chi connectivity index (χ0v) is 9.17. The minimum Gasteiger partial charge on any atom is -0.379 e. The molecule has 0 N–H and O–H groups in total. The molecule has 1 heterocycles. The Bertz CT molecular complexity index is 206. The van der Waals surface area contributed by atoms with Crippen molar-refractivity contribution in [3.63, 3.8) is 0 Å². The highest BCUT2D eigenvalue weighted by molar-refractivity contribution is 5.08. The first kappa shape index (κ1) is 10.2. The lowest BCUT2D eigenvalue weighted by Gasteiger charge is -2.29. The molecular formula is C12H21NO. The number of ether oxygens (including phenoxy) is 1. The van der Waals surface area contributed by atoms with E-state index >= 15 is 0 Å². The molecule has 1 aliphatic heterocycles. The molecule has 1 saturated heterocycles. The predicted octanol–water partition coefficient (Wildman–Crippen LogP) is 2.06. The maximum Gasteiger partial charge on any atom is 0.0594 e. The largest absolute Gasteiger partial charge is 0.379 e. The summed E-state index contributed by atoms with van der Waals surface area (Å²) in [5.41, 5.74) is 1.66. The van der Waals surface area contributed by atoms with Crippen LogP contribution >= 0.6 is 0 Å².